The minimum Gasteiger partial charge on any atom is -0.496 e. The van der Waals surface area contributed by atoms with Crippen molar-refractivity contribution in [1.82, 2.24) is 31.4 Å². The zero-order chi connectivity index (χ0) is 29.6. The molecule has 9 nitrogen and oxygen atoms in total. The van der Waals surface area contributed by atoms with Crippen LogP contribution < -0.4 is 26.2 Å². The van der Waals surface area contributed by atoms with Crippen LogP contribution in [0.1, 0.15) is 61.4 Å². The second kappa shape index (κ2) is 14.1. The van der Waals surface area contributed by atoms with Crippen LogP contribution in [0.2, 0.25) is 0 Å². The number of benzene rings is 1. The van der Waals surface area contributed by atoms with E-state index >= 15 is 0 Å². The summed E-state index contributed by atoms with van der Waals surface area (Å²) in [6.07, 6.45) is 6.27. The van der Waals surface area contributed by atoms with E-state index in [1.54, 1.807) is 12.1 Å². The molecule has 1 aliphatic carbocycles. The number of aryl methyl sites for hydroxylation is 1. The first-order valence-electron chi connectivity index (χ1n) is 15.0. The van der Waals surface area contributed by atoms with Gasteiger partial charge in [0.15, 0.2) is 0 Å². The largest absolute Gasteiger partial charge is 0.496 e. The van der Waals surface area contributed by atoms with E-state index in [4.69, 9.17) is 16.3 Å². The summed E-state index contributed by atoms with van der Waals surface area (Å²) in [6, 6.07) is 8.76. The molecule has 3 heterocycles. The summed E-state index contributed by atoms with van der Waals surface area (Å²) in [5.41, 5.74) is 9.47. The number of fused-ring (bicyclic) bond motifs is 1. The zero-order valence-electron chi connectivity index (χ0n) is 24.4. The molecule has 2 aromatic rings. The van der Waals surface area contributed by atoms with E-state index in [1.807, 2.05) is 24.1 Å². The molecule has 1 aromatic carbocycles. The molecule has 6 atom stereocenters. The van der Waals surface area contributed by atoms with Crippen LogP contribution in [0.4, 0.5) is 4.39 Å². The number of carbonyl (C=O) groups excluding carboxylic acids is 2. The molecular weight excluding hydrogens is 559 g/mol. The van der Waals surface area contributed by atoms with Crippen molar-refractivity contribution in [2.45, 2.75) is 76.2 Å². The fraction of sp³-hybridized carbons (Fsp3) is 0.581. The highest BCUT2D eigenvalue weighted by atomic mass is 35.5. The average molecular weight is 601 g/mol. The van der Waals surface area contributed by atoms with E-state index in [1.165, 1.54) is 18.7 Å². The number of amides is 2. The van der Waals surface area contributed by atoms with E-state index < -0.39 is 6.04 Å². The van der Waals surface area contributed by atoms with Crippen LogP contribution >= 0.6 is 11.6 Å². The number of ether oxygens (including phenoxy) is 1. The van der Waals surface area contributed by atoms with Crippen LogP contribution in [0.3, 0.4) is 0 Å². The van der Waals surface area contributed by atoms with Crippen molar-refractivity contribution in [3.63, 3.8) is 0 Å². The van der Waals surface area contributed by atoms with Crippen LogP contribution in [0.15, 0.2) is 36.5 Å². The Hall–Kier alpha value is -2.79. The van der Waals surface area contributed by atoms with Crippen molar-refractivity contribution >= 4 is 23.4 Å². The van der Waals surface area contributed by atoms with Crippen LogP contribution in [-0.2, 0) is 16.1 Å². The molecule has 1 aromatic heterocycles. The average Bonchev–Trinajstić information content (AvgIpc) is 3.42. The second-order valence-corrected chi connectivity index (χ2v) is 12.1. The van der Waals surface area contributed by atoms with Crippen LogP contribution in [0.25, 0.3) is 0 Å². The number of halogens is 2. The van der Waals surface area contributed by atoms with Gasteiger partial charge in [-0.05, 0) is 81.2 Å². The number of alkyl halides is 1. The van der Waals surface area contributed by atoms with E-state index in [0.29, 0.717) is 61.5 Å². The maximum atomic E-state index is 14.9. The zero-order valence-corrected chi connectivity index (χ0v) is 25.1. The molecule has 3 fully saturated rings. The molecular formula is C31H42ClFN6O3. The van der Waals surface area contributed by atoms with Gasteiger partial charge in [0.25, 0.3) is 0 Å². The Morgan fingerprint density at radius 2 is 2.02 bits per heavy atom. The Kier molecular flexibility index (Phi) is 10.3. The number of likely N-dealkylation sites (tertiary alicyclic amines) is 1. The molecule has 5 rings (SSSR count). The summed E-state index contributed by atoms with van der Waals surface area (Å²) in [7, 11) is 1.51. The highest BCUT2D eigenvalue weighted by molar-refractivity contribution is 6.17. The standard InChI is InChI=1S/C31H42ClFN6O3/c1-19-15-20(11-14-34-19)29-23-16-21(7-9-26(23)37-38-29)30(40)36-22-8-10-27(31(41)35-13-4-12-32)39(17-22)18-24-25(33)5-3-6-28(24)42-2/h3,5-6,11,14-15,21-23,26-27,29,37-38H,4,7-10,12-13,16-18H2,1-2H3,(H,35,41)(H,36,40)/t21?,22-,23?,26?,27+,29?/m1/s1. The predicted molar refractivity (Wildman–Crippen MR) is 159 cm³/mol. The minimum atomic E-state index is -0.437. The Bertz CT molecular complexity index is 1250. The van der Waals surface area contributed by atoms with E-state index in [2.05, 4.69) is 32.5 Å². The molecule has 4 unspecified atom stereocenters. The highest BCUT2D eigenvalue weighted by Gasteiger charge is 2.43. The third kappa shape index (κ3) is 7.05. The SMILES string of the molecule is COc1cccc(F)c1CN1C[C@H](NC(=O)C2CCC3NNC(c4ccnc(C)c4)C3C2)CC[C@H]1C(=O)NCCCCl. The van der Waals surface area contributed by atoms with Crippen molar-refractivity contribution in [3.8, 4) is 5.75 Å². The number of piperidine rings is 1. The number of nitrogens with one attached hydrogen (secondary N) is 4. The highest BCUT2D eigenvalue weighted by Crippen LogP contribution is 2.40. The smallest absolute Gasteiger partial charge is 0.237 e. The lowest BCUT2D eigenvalue weighted by Gasteiger charge is -2.40. The molecule has 0 radical (unpaired) electrons. The minimum absolute atomic E-state index is 0.0587. The lowest BCUT2D eigenvalue weighted by molar-refractivity contribution is -0.129. The fourth-order valence-corrected chi connectivity index (χ4v) is 6.95. The van der Waals surface area contributed by atoms with Gasteiger partial charge in [-0.25, -0.2) is 9.82 Å². The van der Waals surface area contributed by atoms with Crippen molar-refractivity contribution in [3.05, 3.63) is 59.2 Å². The van der Waals surface area contributed by atoms with Gasteiger partial charge in [-0.2, -0.15) is 0 Å². The van der Waals surface area contributed by atoms with Gasteiger partial charge in [-0.1, -0.05) is 6.07 Å². The normalized spacial score (nSPS) is 27.7. The molecule has 42 heavy (non-hydrogen) atoms. The number of aromatic nitrogens is 1. The van der Waals surface area contributed by atoms with Crippen LogP contribution in [-0.4, -0.2) is 65.9 Å². The molecule has 2 saturated heterocycles. The van der Waals surface area contributed by atoms with Gasteiger partial charge < -0.3 is 15.4 Å². The summed E-state index contributed by atoms with van der Waals surface area (Å²) in [5.74, 6) is 0.699. The van der Waals surface area contributed by atoms with Gasteiger partial charge >= 0.3 is 0 Å². The summed E-state index contributed by atoms with van der Waals surface area (Å²) < 4.78 is 20.3. The molecule has 11 heteroatoms. The molecule has 0 bridgehead atoms. The number of nitrogens with zero attached hydrogens (tertiary/aromatic N) is 2. The molecule has 3 aliphatic rings. The lowest BCUT2D eigenvalue weighted by Crippen LogP contribution is -2.57. The number of methoxy groups -OCH3 is 1. The molecule has 228 valence electrons. The Labute approximate surface area is 252 Å². The van der Waals surface area contributed by atoms with Crippen molar-refractivity contribution in [2.75, 3.05) is 26.1 Å². The third-order valence-electron chi connectivity index (χ3n) is 9.00. The van der Waals surface area contributed by atoms with Crippen molar-refractivity contribution in [2.24, 2.45) is 11.8 Å². The molecule has 1 saturated carbocycles. The van der Waals surface area contributed by atoms with E-state index in [9.17, 15) is 14.0 Å². The third-order valence-corrected chi connectivity index (χ3v) is 9.27. The van der Waals surface area contributed by atoms with Gasteiger partial charge in [-0.15, -0.1) is 11.6 Å². The number of hydrazine groups is 1. The van der Waals surface area contributed by atoms with E-state index in [-0.39, 0.29) is 42.2 Å². The Morgan fingerprint density at radius 1 is 1.17 bits per heavy atom. The fourth-order valence-electron chi connectivity index (χ4n) is 6.82. The Balaban J connectivity index is 1.25. The molecule has 2 aliphatic heterocycles. The van der Waals surface area contributed by atoms with Gasteiger partial charge in [0.05, 0.1) is 19.2 Å². The van der Waals surface area contributed by atoms with Gasteiger partial charge in [0, 0.05) is 61.0 Å². The monoisotopic (exact) mass is 600 g/mol. The first-order chi connectivity index (χ1) is 20.4. The quantitative estimate of drug-likeness (QED) is 0.245. The first-order valence-corrected chi connectivity index (χ1v) is 15.5. The molecule has 2 amide bonds. The lowest BCUT2D eigenvalue weighted by atomic mass is 9.74. The number of hydrogen-bond donors (Lipinski definition) is 4. The maximum Gasteiger partial charge on any atom is 0.237 e. The number of pyridine rings is 1. The van der Waals surface area contributed by atoms with Crippen molar-refractivity contribution < 1.29 is 18.7 Å². The maximum absolute atomic E-state index is 14.9. The predicted octanol–water partition coefficient (Wildman–Crippen LogP) is 3.37. The molecule has 0 spiro atoms. The van der Waals surface area contributed by atoms with Crippen LogP contribution in [0.5, 0.6) is 5.75 Å². The van der Waals surface area contributed by atoms with E-state index in [0.717, 1.165) is 25.0 Å². The topological polar surface area (TPSA) is 108 Å². The van der Waals surface area contributed by atoms with Gasteiger partial charge in [0.2, 0.25) is 11.8 Å². The van der Waals surface area contributed by atoms with Crippen molar-refractivity contribution in [1.29, 1.82) is 0 Å². The number of carbonyl (C=O) groups is 2. The Morgan fingerprint density at radius 3 is 2.81 bits per heavy atom. The number of hydrogen-bond acceptors (Lipinski definition) is 7. The number of rotatable bonds is 10. The first kappa shape index (κ1) is 30.7. The summed E-state index contributed by atoms with van der Waals surface area (Å²) in [6.45, 7) is 3.12. The van der Waals surface area contributed by atoms with Crippen LogP contribution in [0, 0.1) is 24.6 Å². The summed E-state index contributed by atoms with van der Waals surface area (Å²) in [4.78, 5) is 33.0. The second-order valence-electron chi connectivity index (χ2n) is 11.8. The van der Waals surface area contributed by atoms with Gasteiger partial charge in [0.1, 0.15) is 11.6 Å². The summed E-state index contributed by atoms with van der Waals surface area (Å²) >= 11 is 5.80. The van der Waals surface area contributed by atoms with Gasteiger partial charge in [-0.3, -0.25) is 24.9 Å². The molecule has 4 N–H and O–H groups in total. The summed E-state index contributed by atoms with van der Waals surface area (Å²) in [5, 5.41) is 6.27.